The van der Waals surface area contributed by atoms with Gasteiger partial charge in [0.2, 0.25) is 6.71 Å². The van der Waals surface area contributed by atoms with Crippen molar-refractivity contribution in [3.63, 3.8) is 0 Å². The number of nitrogens with zero attached hydrogens (tertiary/aromatic N) is 1. The maximum absolute atomic E-state index is 5.50. The van der Waals surface area contributed by atoms with Crippen LogP contribution in [0.2, 0.25) is 5.82 Å². The molecule has 4 heteroatoms. The van der Waals surface area contributed by atoms with Gasteiger partial charge < -0.3 is 9.72 Å². The van der Waals surface area contributed by atoms with Gasteiger partial charge in [0.25, 0.3) is 0 Å². The monoisotopic (exact) mass is 306 g/mol. The van der Waals surface area contributed by atoms with Gasteiger partial charge >= 0.3 is 0 Å². The van der Waals surface area contributed by atoms with E-state index < -0.39 is 0 Å². The third kappa shape index (κ3) is 4.75. The number of para-hydroxylation sites is 1. The zero-order valence-electron chi connectivity index (χ0n) is 13.9. The molecule has 0 saturated carbocycles. The molecule has 0 aliphatic heterocycles. The molecule has 0 aliphatic carbocycles. The summed E-state index contributed by atoms with van der Waals surface area (Å²) in [7, 11) is 1.74. The number of aromatic amines is 1. The first-order valence-corrected chi connectivity index (χ1v) is 7.84. The third-order valence-corrected chi connectivity index (χ3v) is 3.71. The van der Waals surface area contributed by atoms with Gasteiger partial charge in [0.05, 0.1) is 13.4 Å². The quantitative estimate of drug-likeness (QED) is 0.752. The fourth-order valence-electron chi connectivity index (χ4n) is 2.72. The predicted octanol–water partition coefficient (Wildman–Crippen LogP) is 3.12. The Labute approximate surface area is 138 Å². The first-order chi connectivity index (χ1) is 11.2. The van der Waals surface area contributed by atoms with Gasteiger partial charge in [-0.3, -0.25) is 0 Å². The van der Waals surface area contributed by atoms with Crippen LogP contribution in [0.5, 0.6) is 5.75 Å². The zero-order valence-corrected chi connectivity index (χ0v) is 13.9. The van der Waals surface area contributed by atoms with Gasteiger partial charge in [0.1, 0.15) is 5.75 Å². The molecule has 0 atom stereocenters. The fraction of sp³-hybridized carbons (Fsp3) is 0.211. The number of imidazole rings is 1. The molecule has 3 aromatic rings. The van der Waals surface area contributed by atoms with Crippen LogP contribution in [0.1, 0.15) is 13.8 Å². The van der Waals surface area contributed by atoms with Crippen molar-refractivity contribution in [2.24, 2.45) is 0 Å². The van der Waals surface area contributed by atoms with E-state index in [2.05, 4.69) is 66.3 Å². The Morgan fingerprint density at radius 1 is 1.00 bits per heavy atom. The van der Waals surface area contributed by atoms with Crippen LogP contribution < -0.4 is 15.7 Å². The van der Waals surface area contributed by atoms with Gasteiger partial charge in [-0.15, -0.1) is 0 Å². The van der Waals surface area contributed by atoms with Crippen LogP contribution in [-0.4, -0.2) is 23.8 Å². The third-order valence-electron chi connectivity index (χ3n) is 3.71. The first kappa shape index (κ1) is 16.9. The molecule has 118 valence electrons. The van der Waals surface area contributed by atoms with Crippen LogP contribution in [0.3, 0.4) is 0 Å². The molecule has 0 amide bonds. The summed E-state index contributed by atoms with van der Waals surface area (Å²) in [6, 6.07) is 18.9. The number of nitrogens with one attached hydrogen (secondary N) is 1. The number of hydrogen-bond acceptors (Lipinski definition) is 2. The van der Waals surface area contributed by atoms with E-state index in [1.807, 2.05) is 12.1 Å². The normalized spacial score (nSPS) is 9.91. The van der Waals surface area contributed by atoms with Crippen molar-refractivity contribution in [1.29, 1.82) is 0 Å². The van der Waals surface area contributed by atoms with Gasteiger partial charge in [-0.2, -0.15) is 0 Å². The lowest BCUT2D eigenvalue weighted by molar-refractivity contribution is 0.418. The van der Waals surface area contributed by atoms with Gasteiger partial charge in [-0.25, -0.2) is 4.98 Å². The van der Waals surface area contributed by atoms with Crippen molar-refractivity contribution in [1.82, 2.24) is 9.97 Å². The number of aromatic nitrogens is 2. The summed E-state index contributed by atoms with van der Waals surface area (Å²) in [5.74, 6) is 1.50. The van der Waals surface area contributed by atoms with E-state index in [4.69, 9.17) is 4.74 Å². The van der Waals surface area contributed by atoms with Crippen molar-refractivity contribution < 1.29 is 4.74 Å². The Hall–Kier alpha value is -2.49. The molecule has 0 radical (unpaired) electrons. The molecule has 1 heterocycles. The summed E-state index contributed by atoms with van der Waals surface area (Å²) in [6.45, 7) is 4.89. The molecular weight excluding hydrogens is 283 g/mol. The Morgan fingerprint density at radius 2 is 1.70 bits per heavy atom. The van der Waals surface area contributed by atoms with Crippen molar-refractivity contribution >= 4 is 17.6 Å². The van der Waals surface area contributed by atoms with Crippen molar-refractivity contribution in [3.8, 4) is 5.75 Å². The molecule has 0 saturated heterocycles. The lowest BCUT2D eigenvalue weighted by atomic mass is 9.34. The van der Waals surface area contributed by atoms with E-state index in [9.17, 15) is 0 Å². The molecule has 0 unspecified atom stereocenters. The van der Waals surface area contributed by atoms with Gasteiger partial charge in [0.15, 0.2) is 0 Å². The summed E-state index contributed by atoms with van der Waals surface area (Å²) in [5.41, 5.74) is 2.61. The van der Waals surface area contributed by atoms with Crippen molar-refractivity contribution in [3.05, 3.63) is 73.3 Å². The molecule has 0 bridgehead atoms. The minimum atomic E-state index is 0.377. The molecule has 2 aromatic carbocycles. The van der Waals surface area contributed by atoms with Crippen LogP contribution in [0.15, 0.2) is 73.3 Å². The SMILES string of the molecule is COc1ccccc1B(c1ccccc1)C(C)C.c1c[nH]cn1. The average Bonchev–Trinajstić information content (AvgIpc) is 3.16. The lowest BCUT2D eigenvalue weighted by Crippen LogP contribution is -2.45. The molecule has 1 N–H and O–H groups in total. The maximum atomic E-state index is 5.50. The second-order valence-electron chi connectivity index (χ2n) is 5.63. The molecule has 0 spiro atoms. The average molecular weight is 306 g/mol. The topological polar surface area (TPSA) is 37.9 Å². The number of rotatable bonds is 4. The van der Waals surface area contributed by atoms with E-state index in [0.29, 0.717) is 12.5 Å². The van der Waals surface area contributed by atoms with E-state index in [0.717, 1.165) is 5.75 Å². The lowest BCUT2D eigenvalue weighted by Gasteiger charge is -2.20. The van der Waals surface area contributed by atoms with Crippen molar-refractivity contribution in [2.75, 3.05) is 7.11 Å². The highest BCUT2D eigenvalue weighted by Gasteiger charge is 2.25. The van der Waals surface area contributed by atoms with Crippen LogP contribution >= 0.6 is 0 Å². The highest BCUT2D eigenvalue weighted by molar-refractivity contribution is 6.86. The Morgan fingerprint density at radius 3 is 2.22 bits per heavy atom. The molecule has 23 heavy (non-hydrogen) atoms. The van der Waals surface area contributed by atoms with E-state index in [1.54, 1.807) is 25.8 Å². The van der Waals surface area contributed by atoms with Gasteiger partial charge in [-0.1, -0.05) is 73.7 Å². The van der Waals surface area contributed by atoms with E-state index in [1.165, 1.54) is 10.9 Å². The molecular formula is C19H23BN2O. The largest absolute Gasteiger partial charge is 0.497 e. The van der Waals surface area contributed by atoms with Crippen LogP contribution in [0.25, 0.3) is 0 Å². The van der Waals surface area contributed by atoms with E-state index in [-0.39, 0.29) is 0 Å². The van der Waals surface area contributed by atoms with Crippen molar-refractivity contribution in [2.45, 2.75) is 19.7 Å². The smallest absolute Gasteiger partial charge is 0.216 e. The van der Waals surface area contributed by atoms with Gasteiger partial charge in [0, 0.05) is 12.4 Å². The highest BCUT2D eigenvalue weighted by Crippen LogP contribution is 2.14. The number of methoxy groups -OCH3 is 1. The number of H-pyrrole nitrogens is 1. The molecule has 3 rings (SSSR count). The number of hydrogen-bond donors (Lipinski definition) is 1. The van der Waals surface area contributed by atoms with Gasteiger partial charge in [-0.05, 0) is 11.5 Å². The Kier molecular flexibility index (Phi) is 6.48. The molecule has 0 aliphatic rings. The highest BCUT2D eigenvalue weighted by atomic mass is 16.5. The molecule has 1 aromatic heterocycles. The van der Waals surface area contributed by atoms with Crippen LogP contribution in [0.4, 0.5) is 0 Å². The van der Waals surface area contributed by atoms with Crippen LogP contribution in [0, 0.1) is 0 Å². The summed E-state index contributed by atoms with van der Waals surface area (Å²) >= 11 is 0. The second-order valence-corrected chi connectivity index (χ2v) is 5.63. The molecule has 0 fully saturated rings. The number of benzene rings is 2. The Balaban J connectivity index is 0.000000326. The standard InChI is InChI=1S/C16H19BO.C3H4N2/c1-13(2)17(14-9-5-4-6-10-14)15-11-7-8-12-16(15)18-3;1-2-5-3-4-1/h4-13H,1-3H3;1-3H,(H,4,5). The summed E-state index contributed by atoms with van der Waals surface area (Å²) in [5, 5.41) is 0. The minimum Gasteiger partial charge on any atom is -0.497 e. The summed E-state index contributed by atoms with van der Waals surface area (Å²) < 4.78 is 5.50. The number of ether oxygens (including phenoxy) is 1. The summed E-state index contributed by atoms with van der Waals surface area (Å²) in [4.78, 5) is 6.42. The fourth-order valence-corrected chi connectivity index (χ4v) is 2.72. The van der Waals surface area contributed by atoms with Crippen LogP contribution in [-0.2, 0) is 0 Å². The first-order valence-electron chi connectivity index (χ1n) is 7.84. The van der Waals surface area contributed by atoms with E-state index >= 15 is 0 Å². The maximum Gasteiger partial charge on any atom is 0.216 e. The summed E-state index contributed by atoms with van der Waals surface area (Å²) in [6.07, 6.45) is 5.08. The minimum absolute atomic E-state index is 0.377. The zero-order chi connectivity index (χ0) is 16.5. The second kappa shape index (κ2) is 8.84. The molecule has 3 nitrogen and oxygen atoms in total. The Bertz CT molecular complexity index is 652. The predicted molar refractivity (Wildman–Crippen MR) is 98.1 cm³/mol.